The van der Waals surface area contributed by atoms with E-state index in [4.69, 9.17) is 4.74 Å². The molecular formula is C21H27N5O3. The molecule has 1 saturated heterocycles. The van der Waals surface area contributed by atoms with E-state index < -0.39 is 0 Å². The van der Waals surface area contributed by atoms with Gasteiger partial charge in [0, 0.05) is 51.2 Å². The van der Waals surface area contributed by atoms with Crippen LogP contribution in [0.2, 0.25) is 0 Å². The van der Waals surface area contributed by atoms with Crippen LogP contribution in [0.5, 0.6) is 5.75 Å². The molecule has 3 rings (SSSR count). The quantitative estimate of drug-likeness (QED) is 0.759. The van der Waals surface area contributed by atoms with Gasteiger partial charge in [0.05, 0.1) is 20.2 Å². The molecule has 0 unspecified atom stereocenters. The molecule has 0 aliphatic carbocycles. The Balaban J connectivity index is 1.42. The summed E-state index contributed by atoms with van der Waals surface area (Å²) in [6, 6.07) is 13.0. The predicted octanol–water partition coefficient (Wildman–Crippen LogP) is 1.31. The molecule has 2 amide bonds. The Morgan fingerprint density at radius 2 is 1.93 bits per heavy atom. The number of aromatic nitrogens is 1. The van der Waals surface area contributed by atoms with Crippen LogP contribution >= 0.6 is 0 Å². The zero-order valence-corrected chi connectivity index (χ0v) is 16.9. The Hall–Kier alpha value is -3.13. The Bertz CT molecular complexity index is 822. The molecule has 0 spiro atoms. The summed E-state index contributed by atoms with van der Waals surface area (Å²) in [5, 5.41) is 2.79. The maximum Gasteiger partial charge on any atom is 0.243 e. The van der Waals surface area contributed by atoms with E-state index in [1.807, 2.05) is 18.2 Å². The first-order chi connectivity index (χ1) is 14.0. The van der Waals surface area contributed by atoms with Gasteiger partial charge in [-0.3, -0.25) is 14.5 Å². The van der Waals surface area contributed by atoms with Crippen LogP contribution in [0.15, 0.2) is 48.7 Å². The number of ether oxygens (including phenoxy) is 1. The summed E-state index contributed by atoms with van der Waals surface area (Å²) < 4.78 is 5.15. The lowest BCUT2D eigenvalue weighted by atomic mass is 10.3. The number of carbonyl (C=O) groups is 2. The number of likely N-dealkylation sites (N-methyl/N-ethyl adjacent to an activating group) is 1. The van der Waals surface area contributed by atoms with Crippen LogP contribution in [0.4, 0.5) is 11.5 Å². The van der Waals surface area contributed by atoms with Gasteiger partial charge < -0.3 is 19.9 Å². The van der Waals surface area contributed by atoms with Crippen molar-refractivity contribution in [2.24, 2.45) is 0 Å². The van der Waals surface area contributed by atoms with Crippen molar-refractivity contribution >= 4 is 23.3 Å². The molecule has 1 aromatic carbocycles. The fourth-order valence-electron chi connectivity index (χ4n) is 3.19. The van der Waals surface area contributed by atoms with Gasteiger partial charge in [0.25, 0.3) is 0 Å². The maximum atomic E-state index is 12.5. The highest BCUT2D eigenvalue weighted by molar-refractivity contribution is 5.94. The number of pyridine rings is 1. The van der Waals surface area contributed by atoms with Crippen molar-refractivity contribution in [3.05, 3.63) is 48.7 Å². The van der Waals surface area contributed by atoms with E-state index >= 15 is 0 Å². The number of anilines is 2. The predicted molar refractivity (Wildman–Crippen MR) is 112 cm³/mol. The molecule has 154 valence electrons. The molecule has 2 aromatic rings. The first-order valence-corrected chi connectivity index (χ1v) is 9.61. The third kappa shape index (κ3) is 5.92. The van der Waals surface area contributed by atoms with Crippen LogP contribution in [0, 0.1) is 0 Å². The molecule has 1 aliphatic heterocycles. The van der Waals surface area contributed by atoms with Crippen LogP contribution in [0.3, 0.4) is 0 Å². The average molecular weight is 397 g/mol. The number of hydrogen-bond donors (Lipinski definition) is 1. The summed E-state index contributed by atoms with van der Waals surface area (Å²) >= 11 is 0. The Morgan fingerprint density at radius 1 is 1.14 bits per heavy atom. The second kappa shape index (κ2) is 9.88. The van der Waals surface area contributed by atoms with Gasteiger partial charge in [0.1, 0.15) is 11.6 Å². The molecule has 1 fully saturated rings. The van der Waals surface area contributed by atoms with E-state index in [0.29, 0.717) is 18.0 Å². The number of nitrogens with one attached hydrogen (secondary N) is 1. The zero-order valence-electron chi connectivity index (χ0n) is 16.9. The summed E-state index contributed by atoms with van der Waals surface area (Å²) in [5.74, 6) is 1.31. The molecule has 0 radical (unpaired) electrons. The molecule has 1 aromatic heterocycles. The molecule has 0 bridgehead atoms. The van der Waals surface area contributed by atoms with Crippen molar-refractivity contribution in [2.45, 2.75) is 0 Å². The van der Waals surface area contributed by atoms with Gasteiger partial charge in [-0.2, -0.15) is 0 Å². The van der Waals surface area contributed by atoms with Gasteiger partial charge in [0.15, 0.2) is 0 Å². The highest BCUT2D eigenvalue weighted by atomic mass is 16.5. The van der Waals surface area contributed by atoms with Crippen molar-refractivity contribution in [3.8, 4) is 5.75 Å². The smallest absolute Gasteiger partial charge is 0.243 e. The van der Waals surface area contributed by atoms with Crippen LogP contribution in [-0.4, -0.2) is 80.0 Å². The van der Waals surface area contributed by atoms with Crippen LogP contribution in [-0.2, 0) is 9.59 Å². The molecule has 8 nitrogen and oxygen atoms in total. The molecule has 0 saturated carbocycles. The lowest BCUT2D eigenvalue weighted by Gasteiger charge is -2.35. The molecule has 29 heavy (non-hydrogen) atoms. The summed E-state index contributed by atoms with van der Waals surface area (Å²) in [5.41, 5.74) is 0.640. The fourth-order valence-corrected chi connectivity index (χ4v) is 3.19. The number of piperazine rings is 1. The molecular weight excluding hydrogens is 370 g/mol. The van der Waals surface area contributed by atoms with Gasteiger partial charge in [-0.1, -0.05) is 12.1 Å². The minimum atomic E-state index is -0.242. The number of nitrogens with zero attached hydrogens (tertiary/aromatic N) is 4. The molecule has 0 atom stereocenters. The number of amides is 2. The SMILES string of the molecule is COc1cccc(NC(=O)CN(C)C(=O)CN2CCN(c3ccccn3)CC2)c1. The summed E-state index contributed by atoms with van der Waals surface area (Å²) in [4.78, 5) is 34.9. The van der Waals surface area contributed by atoms with Crippen molar-refractivity contribution in [1.82, 2.24) is 14.8 Å². The summed E-state index contributed by atoms with van der Waals surface area (Å²) in [7, 11) is 3.22. The number of rotatable bonds is 7. The number of carbonyl (C=O) groups excluding carboxylic acids is 2. The van der Waals surface area contributed by atoms with E-state index in [9.17, 15) is 9.59 Å². The lowest BCUT2D eigenvalue weighted by Crippen LogP contribution is -2.50. The maximum absolute atomic E-state index is 12.5. The van der Waals surface area contributed by atoms with Crippen LogP contribution in [0.25, 0.3) is 0 Å². The molecule has 1 aliphatic rings. The summed E-state index contributed by atoms with van der Waals surface area (Å²) in [6.07, 6.45) is 1.79. The molecule has 2 heterocycles. The van der Waals surface area contributed by atoms with E-state index in [1.165, 1.54) is 4.90 Å². The van der Waals surface area contributed by atoms with Gasteiger partial charge in [0.2, 0.25) is 11.8 Å². The third-order valence-corrected chi connectivity index (χ3v) is 4.86. The topological polar surface area (TPSA) is 78.0 Å². The third-order valence-electron chi connectivity index (χ3n) is 4.86. The lowest BCUT2D eigenvalue weighted by molar-refractivity contribution is -0.134. The first-order valence-electron chi connectivity index (χ1n) is 9.61. The zero-order chi connectivity index (χ0) is 20.6. The fraction of sp³-hybridized carbons (Fsp3) is 0.381. The number of methoxy groups -OCH3 is 1. The average Bonchev–Trinajstić information content (AvgIpc) is 2.75. The van der Waals surface area contributed by atoms with Gasteiger partial charge in [-0.05, 0) is 24.3 Å². The van der Waals surface area contributed by atoms with Crippen molar-refractivity contribution in [2.75, 3.05) is 63.6 Å². The van der Waals surface area contributed by atoms with E-state index in [-0.39, 0.29) is 18.4 Å². The van der Waals surface area contributed by atoms with E-state index in [0.717, 1.165) is 32.0 Å². The normalized spacial score (nSPS) is 14.3. The van der Waals surface area contributed by atoms with Crippen LogP contribution < -0.4 is 15.0 Å². The van der Waals surface area contributed by atoms with Gasteiger partial charge >= 0.3 is 0 Å². The minimum absolute atomic E-state index is 0.00391. The van der Waals surface area contributed by atoms with Crippen molar-refractivity contribution < 1.29 is 14.3 Å². The highest BCUT2D eigenvalue weighted by Crippen LogP contribution is 2.16. The standard InChI is InChI=1S/C21H27N5O3/c1-24(15-20(27)23-17-6-5-7-18(14-17)29-2)21(28)16-25-10-12-26(13-11-25)19-8-3-4-9-22-19/h3-9,14H,10-13,15-16H2,1-2H3,(H,23,27). The van der Waals surface area contributed by atoms with E-state index in [1.54, 1.807) is 44.6 Å². The first kappa shape index (κ1) is 20.6. The Morgan fingerprint density at radius 3 is 2.62 bits per heavy atom. The Kier molecular flexibility index (Phi) is 7.02. The van der Waals surface area contributed by atoms with Crippen molar-refractivity contribution in [1.29, 1.82) is 0 Å². The van der Waals surface area contributed by atoms with E-state index in [2.05, 4.69) is 20.1 Å². The van der Waals surface area contributed by atoms with Gasteiger partial charge in [-0.25, -0.2) is 4.98 Å². The molecule has 8 heteroatoms. The highest BCUT2D eigenvalue weighted by Gasteiger charge is 2.22. The Labute approximate surface area is 171 Å². The largest absolute Gasteiger partial charge is 0.497 e. The monoisotopic (exact) mass is 397 g/mol. The van der Waals surface area contributed by atoms with Crippen LogP contribution in [0.1, 0.15) is 0 Å². The number of benzene rings is 1. The minimum Gasteiger partial charge on any atom is -0.497 e. The van der Waals surface area contributed by atoms with Gasteiger partial charge in [-0.15, -0.1) is 0 Å². The second-order valence-corrected chi connectivity index (χ2v) is 6.98. The molecule has 1 N–H and O–H groups in total. The van der Waals surface area contributed by atoms with Crippen molar-refractivity contribution in [3.63, 3.8) is 0 Å². The second-order valence-electron chi connectivity index (χ2n) is 6.98. The number of hydrogen-bond acceptors (Lipinski definition) is 6. The summed E-state index contributed by atoms with van der Waals surface area (Å²) in [6.45, 7) is 3.52.